The first-order valence-corrected chi connectivity index (χ1v) is 8.77. The van der Waals surface area contributed by atoms with E-state index in [4.69, 9.17) is 0 Å². The van der Waals surface area contributed by atoms with Gasteiger partial charge in [-0.2, -0.15) is 0 Å². The molecule has 2 fully saturated rings. The summed E-state index contributed by atoms with van der Waals surface area (Å²) in [6.45, 7) is 4.59. The van der Waals surface area contributed by atoms with E-state index in [1.165, 1.54) is 32.1 Å². The van der Waals surface area contributed by atoms with Gasteiger partial charge in [0.2, 0.25) is 0 Å². The molecule has 0 bridgehead atoms. The Morgan fingerprint density at radius 1 is 1.29 bits per heavy atom. The number of nitrogens with zero attached hydrogens (tertiary/aromatic N) is 1. The van der Waals surface area contributed by atoms with Crippen molar-refractivity contribution in [3.8, 4) is 0 Å². The van der Waals surface area contributed by atoms with Gasteiger partial charge in [0.25, 0.3) is 0 Å². The molecule has 122 valence electrons. The minimum Gasteiger partial charge on any atom is -0.480 e. The Kier molecular flexibility index (Phi) is 6.06. The normalized spacial score (nSPS) is 35.3. The number of carboxylic acid groups (broad SMARTS) is 1. The van der Waals surface area contributed by atoms with Gasteiger partial charge in [0, 0.05) is 6.04 Å². The van der Waals surface area contributed by atoms with Crippen LogP contribution in [0.15, 0.2) is 0 Å². The van der Waals surface area contributed by atoms with Gasteiger partial charge in [-0.1, -0.05) is 19.8 Å². The summed E-state index contributed by atoms with van der Waals surface area (Å²) in [5, 5.41) is 12.7. The molecule has 1 aliphatic heterocycles. The highest BCUT2D eigenvalue weighted by Crippen LogP contribution is 2.33. The van der Waals surface area contributed by atoms with Gasteiger partial charge in [-0.3, -0.25) is 4.79 Å². The maximum Gasteiger partial charge on any atom is 0.323 e. The van der Waals surface area contributed by atoms with Gasteiger partial charge in [-0.05, 0) is 71.0 Å². The first kappa shape index (κ1) is 16.8. The Labute approximate surface area is 129 Å². The second-order valence-electron chi connectivity index (χ2n) is 7.01. The van der Waals surface area contributed by atoms with Crippen LogP contribution in [0.3, 0.4) is 0 Å². The summed E-state index contributed by atoms with van der Waals surface area (Å²) in [6, 6.07) is 0.447. The van der Waals surface area contributed by atoms with E-state index in [0.29, 0.717) is 6.04 Å². The summed E-state index contributed by atoms with van der Waals surface area (Å²) < 4.78 is 0. The number of carboxylic acids is 1. The van der Waals surface area contributed by atoms with Crippen molar-refractivity contribution < 1.29 is 9.90 Å². The molecule has 0 aromatic rings. The molecular weight excluding hydrogens is 264 g/mol. The van der Waals surface area contributed by atoms with E-state index in [-0.39, 0.29) is 0 Å². The summed E-state index contributed by atoms with van der Waals surface area (Å²) in [7, 11) is 1.80. The lowest BCUT2D eigenvalue weighted by Crippen LogP contribution is -2.57. The number of likely N-dealkylation sites (N-methyl/N-ethyl adjacent to an activating group) is 1. The molecule has 2 rings (SSSR count). The molecule has 4 nitrogen and oxygen atoms in total. The van der Waals surface area contributed by atoms with Gasteiger partial charge in [0.15, 0.2) is 0 Å². The van der Waals surface area contributed by atoms with Crippen molar-refractivity contribution in [2.45, 2.75) is 76.3 Å². The van der Waals surface area contributed by atoms with E-state index in [1.54, 1.807) is 7.05 Å². The van der Waals surface area contributed by atoms with Crippen LogP contribution in [0.25, 0.3) is 0 Å². The second-order valence-corrected chi connectivity index (χ2v) is 7.01. The van der Waals surface area contributed by atoms with Crippen molar-refractivity contribution in [2.75, 3.05) is 20.1 Å². The van der Waals surface area contributed by atoms with E-state index in [1.807, 2.05) is 0 Å². The molecular formula is C17H32N2O2. The standard InChI is InChI=1S/C17H32N2O2/c1-3-6-14-7-5-11-19(12-9-14)15-8-4-10-17(13-15,18-2)16(20)21/h14-15,18H,3-13H2,1-2H3,(H,20,21). The maximum absolute atomic E-state index is 11.7. The van der Waals surface area contributed by atoms with E-state index in [2.05, 4.69) is 17.1 Å². The number of nitrogens with one attached hydrogen (secondary N) is 1. The average Bonchev–Trinajstić information content (AvgIpc) is 2.73. The van der Waals surface area contributed by atoms with Crippen LogP contribution in [-0.2, 0) is 4.79 Å². The minimum absolute atomic E-state index is 0.447. The van der Waals surface area contributed by atoms with Gasteiger partial charge in [0.1, 0.15) is 5.54 Å². The van der Waals surface area contributed by atoms with E-state index < -0.39 is 11.5 Å². The molecule has 2 N–H and O–H groups in total. The fraction of sp³-hybridized carbons (Fsp3) is 0.941. The summed E-state index contributed by atoms with van der Waals surface area (Å²) in [6.07, 6.45) is 10.3. The van der Waals surface area contributed by atoms with Crippen molar-refractivity contribution in [3.63, 3.8) is 0 Å². The number of hydrogen-bond donors (Lipinski definition) is 2. The molecule has 3 unspecified atom stereocenters. The molecule has 1 heterocycles. The van der Waals surface area contributed by atoms with E-state index in [9.17, 15) is 9.90 Å². The number of hydrogen-bond acceptors (Lipinski definition) is 3. The van der Waals surface area contributed by atoms with E-state index >= 15 is 0 Å². The van der Waals surface area contributed by atoms with Crippen LogP contribution in [0.4, 0.5) is 0 Å². The van der Waals surface area contributed by atoms with Crippen LogP contribution in [0.5, 0.6) is 0 Å². The van der Waals surface area contributed by atoms with Crippen LogP contribution in [0, 0.1) is 5.92 Å². The first-order valence-electron chi connectivity index (χ1n) is 8.77. The molecule has 3 atom stereocenters. The van der Waals surface area contributed by atoms with Crippen molar-refractivity contribution >= 4 is 5.97 Å². The fourth-order valence-electron chi connectivity index (χ4n) is 4.34. The molecule has 4 heteroatoms. The summed E-state index contributed by atoms with van der Waals surface area (Å²) >= 11 is 0. The number of aliphatic carboxylic acids is 1. The van der Waals surface area contributed by atoms with Crippen molar-refractivity contribution in [1.29, 1.82) is 0 Å². The lowest BCUT2D eigenvalue weighted by Gasteiger charge is -2.42. The van der Waals surface area contributed by atoms with Gasteiger partial charge < -0.3 is 15.3 Å². The zero-order valence-corrected chi connectivity index (χ0v) is 13.7. The summed E-state index contributed by atoms with van der Waals surface area (Å²) in [5.74, 6) is 0.213. The topological polar surface area (TPSA) is 52.6 Å². The Morgan fingerprint density at radius 3 is 2.76 bits per heavy atom. The van der Waals surface area contributed by atoms with Crippen molar-refractivity contribution in [3.05, 3.63) is 0 Å². The summed E-state index contributed by atoms with van der Waals surface area (Å²) in [5.41, 5.74) is -0.696. The first-order chi connectivity index (χ1) is 10.1. The van der Waals surface area contributed by atoms with Crippen LogP contribution >= 0.6 is 0 Å². The molecule has 1 saturated heterocycles. The number of rotatable bonds is 5. The zero-order valence-electron chi connectivity index (χ0n) is 13.7. The predicted molar refractivity (Wildman–Crippen MR) is 85.5 cm³/mol. The minimum atomic E-state index is -0.696. The molecule has 0 spiro atoms. The lowest BCUT2D eigenvalue weighted by atomic mass is 9.78. The molecule has 1 aliphatic carbocycles. The Balaban J connectivity index is 1.96. The number of likely N-dealkylation sites (tertiary alicyclic amines) is 1. The SMILES string of the molecule is CCCC1CCCN(C2CCCC(NC)(C(=O)O)C2)CC1. The molecule has 0 aromatic carbocycles. The highest BCUT2D eigenvalue weighted by atomic mass is 16.4. The highest BCUT2D eigenvalue weighted by Gasteiger charge is 2.43. The quantitative estimate of drug-likeness (QED) is 0.819. The van der Waals surface area contributed by atoms with Crippen LogP contribution in [0.2, 0.25) is 0 Å². The second kappa shape index (κ2) is 7.59. The van der Waals surface area contributed by atoms with Crippen LogP contribution in [-0.4, -0.2) is 47.7 Å². The Bertz CT molecular complexity index is 348. The lowest BCUT2D eigenvalue weighted by molar-refractivity contribution is -0.147. The molecule has 0 radical (unpaired) electrons. The van der Waals surface area contributed by atoms with Gasteiger partial charge in [-0.25, -0.2) is 0 Å². The van der Waals surface area contributed by atoms with Crippen molar-refractivity contribution in [2.24, 2.45) is 5.92 Å². The largest absolute Gasteiger partial charge is 0.480 e. The maximum atomic E-state index is 11.7. The number of carbonyl (C=O) groups is 1. The van der Waals surface area contributed by atoms with Crippen molar-refractivity contribution in [1.82, 2.24) is 10.2 Å². The molecule has 0 amide bonds. The average molecular weight is 296 g/mol. The Hall–Kier alpha value is -0.610. The van der Waals surface area contributed by atoms with E-state index in [0.717, 1.165) is 44.7 Å². The zero-order chi connectivity index (χ0) is 15.3. The van der Waals surface area contributed by atoms with Crippen LogP contribution in [0.1, 0.15) is 64.7 Å². The third kappa shape index (κ3) is 3.98. The van der Waals surface area contributed by atoms with Crippen LogP contribution < -0.4 is 5.32 Å². The predicted octanol–water partition coefficient (Wildman–Crippen LogP) is 2.87. The molecule has 1 saturated carbocycles. The highest BCUT2D eigenvalue weighted by molar-refractivity contribution is 5.79. The fourth-order valence-corrected chi connectivity index (χ4v) is 4.34. The monoisotopic (exact) mass is 296 g/mol. The molecule has 0 aromatic heterocycles. The third-order valence-corrected chi connectivity index (χ3v) is 5.71. The van der Waals surface area contributed by atoms with Gasteiger partial charge in [-0.15, -0.1) is 0 Å². The third-order valence-electron chi connectivity index (χ3n) is 5.71. The van der Waals surface area contributed by atoms with Gasteiger partial charge in [0.05, 0.1) is 0 Å². The Morgan fingerprint density at radius 2 is 2.10 bits per heavy atom. The van der Waals surface area contributed by atoms with Gasteiger partial charge >= 0.3 is 5.97 Å². The molecule has 2 aliphatic rings. The smallest absolute Gasteiger partial charge is 0.323 e. The summed E-state index contributed by atoms with van der Waals surface area (Å²) in [4.78, 5) is 14.2. The molecule has 21 heavy (non-hydrogen) atoms.